The maximum absolute atomic E-state index is 2.46. The van der Waals surface area contributed by atoms with Crippen molar-refractivity contribution >= 4 is 21.5 Å². The molecule has 9 rings (SSSR count). The van der Waals surface area contributed by atoms with Crippen LogP contribution in [0, 0.1) is 0 Å². The van der Waals surface area contributed by atoms with Crippen molar-refractivity contribution in [3.63, 3.8) is 0 Å². The Hall–Kier alpha value is -4.94. The minimum absolute atomic E-state index is 0.0909. The Kier molecular flexibility index (Phi) is 4.49. The number of hydrogen-bond donors (Lipinski definition) is 0. The zero-order chi connectivity index (χ0) is 27.3. The van der Waals surface area contributed by atoms with Crippen LogP contribution in [-0.2, 0) is 5.41 Å². The SMILES string of the molecule is CC1(C)c2cc(-c3cccc4ccccc34)ccc2-c2ccc(-c3ccc4c5c(cccc35)-c3ccccc3-4)cc21. The van der Waals surface area contributed by atoms with Crippen LogP contribution in [0.1, 0.15) is 25.0 Å². The van der Waals surface area contributed by atoms with E-state index in [9.17, 15) is 0 Å². The fourth-order valence-corrected chi connectivity index (χ4v) is 7.61. The normalized spacial score (nSPS) is 13.8. The number of benzene rings is 7. The molecule has 0 heterocycles. The fourth-order valence-electron chi connectivity index (χ4n) is 7.61. The quantitative estimate of drug-likeness (QED) is 0.213. The second-order valence-corrected chi connectivity index (χ2v) is 12.1. The van der Waals surface area contributed by atoms with Crippen molar-refractivity contribution in [3.8, 4) is 55.6 Å². The summed E-state index contributed by atoms with van der Waals surface area (Å²) in [6.07, 6.45) is 0. The van der Waals surface area contributed by atoms with Crippen molar-refractivity contribution in [1.29, 1.82) is 0 Å². The summed E-state index contributed by atoms with van der Waals surface area (Å²) in [5, 5.41) is 5.31. The van der Waals surface area contributed by atoms with E-state index < -0.39 is 0 Å². The predicted octanol–water partition coefficient (Wildman–Crippen LogP) is 11.3. The highest BCUT2D eigenvalue weighted by Gasteiger charge is 2.36. The molecule has 0 heteroatoms. The van der Waals surface area contributed by atoms with E-state index >= 15 is 0 Å². The molecule has 0 aliphatic heterocycles. The van der Waals surface area contributed by atoms with Crippen LogP contribution >= 0.6 is 0 Å². The minimum Gasteiger partial charge on any atom is -0.0616 e. The van der Waals surface area contributed by atoms with E-state index in [1.54, 1.807) is 0 Å². The first-order chi connectivity index (χ1) is 20.1. The van der Waals surface area contributed by atoms with Crippen molar-refractivity contribution in [2.75, 3.05) is 0 Å². The van der Waals surface area contributed by atoms with Crippen LogP contribution in [0.15, 0.2) is 133 Å². The largest absolute Gasteiger partial charge is 0.0616 e. The van der Waals surface area contributed by atoms with Gasteiger partial charge in [-0.25, -0.2) is 0 Å². The summed E-state index contributed by atoms with van der Waals surface area (Å²) < 4.78 is 0. The van der Waals surface area contributed by atoms with E-state index in [0.29, 0.717) is 0 Å². The highest BCUT2D eigenvalue weighted by molar-refractivity contribution is 6.18. The third-order valence-corrected chi connectivity index (χ3v) is 9.64. The van der Waals surface area contributed by atoms with Gasteiger partial charge in [0.25, 0.3) is 0 Å². The summed E-state index contributed by atoms with van der Waals surface area (Å²) in [6.45, 7) is 4.77. The van der Waals surface area contributed by atoms with Gasteiger partial charge in [-0.15, -0.1) is 0 Å². The maximum atomic E-state index is 2.46. The molecule has 0 N–H and O–H groups in total. The molecule has 41 heavy (non-hydrogen) atoms. The standard InChI is InChI=1S/C41H28/c1-41(2)38-23-26(29-14-7-10-25-9-3-4-11-28(25)29)17-19-33(38)34-20-18-27(24-39(34)41)30-21-22-37-32-13-6-5-12-31(32)36-16-8-15-35(30)40(36)37/h3-24H,1-2H3. The summed E-state index contributed by atoms with van der Waals surface area (Å²) >= 11 is 0. The van der Waals surface area contributed by atoms with Gasteiger partial charge in [-0.3, -0.25) is 0 Å². The zero-order valence-electron chi connectivity index (χ0n) is 23.2. The van der Waals surface area contributed by atoms with Crippen LogP contribution in [-0.4, -0.2) is 0 Å². The highest BCUT2D eigenvalue weighted by Crippen LogP contribution is 2.53. The van der Waals surface area contributed by atoms with Gasteiger partial charge in [0.1, 0.15) is 0 Å². The first-order valence-electron chi connectivity index (χ1n) is 14.5. The van der Waals surface area contributed by atoms with Gasteiger partial charge in [-0.2, -0.15) is 0 Å². The van der Waals surface area contributed by atoms with Crippen LogP contribution in [0.4, 0.5) is 0 Å². The minimum atomic E-state index is -0.0909. The maximum Gasteiger partial charge on any atom is 0.0159 e. The highest BCUT2D eigenvalue weighted by atomic mass is 14.4. The lowest BCUT2D eigenvalue weighted by Crippen LogP contribution is -2.15. The lowest BCUT2D eigenvalue weighted by molar-refractivity contribution is 0.661. The monoisotopic (exact) mass is 520 g/mol. The molecule has 7 aromatic rings. The summed E-state index contributed by atoms with van der Waals surface area (Å²) in [5.74, 6) is 0. The lowest BCUT2D eigenvalue weighted by Gasteiger charge is -2.23. The molecule has 0 saturated carbocycles. The summed E-state index contributed by atoms with van der Waals surface area (Å²) in [6, 6.07) is 49.8. The molecule has 0 amide bonds. The Morgan fingerprint density at radius 3 is 1.56 bits per heavy atom. The molecule has 7 aromatic carbocycles. The summed E-state index contributed by atoms with van der Waals surface area (Å²) in [5.41, 5.74) is 16.0. The Morgan fingerprint density at radius 1 is 0.366 bits per heavy atom. The van der Waals surface area contributed by atoms with Gasteiger partial charge in [0.15, 0.2) is 0 Å². The zero-order valence-corrected chi connectivity index (χ0v) is 23.2. The van der Waals surface area contributed by atoms with Crippen molar-refractivity contribution in [2.24, 2.45) is 0 Å². The molecule has 0 nitrogen and oxygen atoms in total. The van der Waals surface area contributed by atoms with Gasteiger partial charge < -0.3 is 0 Å². The number of rotatable bonds is 2. The van der Waals surface area contributed by atoms with Gasteiger partial charge in [0, 0.05) is 5.41 Å². The summed E-state index contributed by atoms with van der Waals surface area (Å²) in [4.78, 5) is 0. The van der Waals surface area contributed by atoms with Gasteiger partial charge in [0.2, 0.25) is 0 Å². The van der Waals surface area contributed by atoms with E-state index in [4.69, 9.17) is 0 Å². The van der Waals surface area contributed by atoms with Crippen molar-refractivity contribution in [1.82, 2.24) is 0 Å². The Labute approximate surface area is 240 Å². The Balaban J connectivity index is 1.19. The fraction of sp³-hybridized carbons (Fsp3) is 0.0732. The smallest absolute Gasteiger partial charge is 0.0159 e. The number of hydrogen-bond acceptors (Lipinski definition) is 0. The van der Waals surface area contributed by atoms with Crippen LogP contribution < -0.4 is 0 Å². The molecule has 0 spiro atoms. The molecule has 0 saturated heterocycles. The van der Waals surface area contributed by atoms with Gasteiger partial charge in [-0.1, -0.05) is 135 Å². The second kappa shape index (κ2) is 8.05. The van der Waals surface area contributed by atoms with Gasteiger partial charge in [-0.05, 0) is 100 Å². The van der Waals surface area contributed by atoms with Gasteiger partial charge >= 0.3 is 0 Å². The molecule has 2 aliphatic carbocycles. The predicted molar refractivity (Wildman–Crippen MR) is 174 cm³/mol. The molecular formula is C41H28. The molecule has 0 aromatic heterocycles. The first kappa shape index (κ1) is 22.8. The van der Waals surface area contributed by atoms with E-state index in [0.717, 1.165) is 0 Å². The van der Waals surface area contributed by atoms with Crippen LogP contribution in [0.3, 0.4) is 0 Å². The third kappa shape index (κ3) is 3.05. The van der Waals surface area contributed by atoms with Crippen molar-refractivity contribution in [2.45, 2.75) is 19.3 Å². The topological polar surface area (TPSA) is 0 Å². The average Bonchev–Trinajstić information content (AvgIpc) is 3.46. The Bertz CT molecular complexity index is 2190. The van der Waals surface area contributed by atoms with Crippen molar-refractivity contribution in [3.05, 3.63) is 145 Å². The van der Waals surface area contributed by atoms with E-state index in [1.165, 1.54) is 88.3 Å². The van der Waals surface area contributed by atoms with E-state index in [1.807, 2.05) is 0 Å². The first-order valence-corrected chi connectivity index (χ1v) is 14.5. The molecule has 0 atom stereocenters. The third-order valence-electron chi connectivity index (χ3n) is 9.64. The van der Waals surface area contributed by atoms with Crippen molar-refractivity contribution < 1.29 is 0 Å². The number of fused-ring (bicyclic) bond motifs is 7. The molecule has 2 aliphatic rings. The van der Waals surface area contributed by atoms with E-state index in [-0.39, 0.29) is 5.41 Å². The molecule has 0 unspecified atom stereocenters. The van der Waals surface area contributed by atoms with E-state index in [2.05, 4.69) is 147 Å². The summed E-state index contributed by atoms with van der Waals surface area (Å²) in [7, 11) is 0. The van der Waals surface area contributed by atoms with Gasteiger partial charge in [0.05, 0.1) is 0 Å². The van der Waals surface area contributed by atoms with Crippen LogP contribution in [0.5, 0.6) is 0 Å². The second-order valence-electron chi connectivity index (χ2n) is 12.1. The Morgan fingerprint density at radius 2 is 0.829 bits per heavy atom. The molecule has 0 radical (unpaired) electrons. The van der Waals surface area contributed by atoms with Crippen LogP contribution in [0.2, 0.25) is 0 Å². The molecule has 0 bridgehead atoms. The average molecular weight is 521 g/mol. The van der Waals surface area contributed by atoms with Crippen LogP contribution in [0.25, 0.3) is 77.2 Å². The molecular weight excluding hydrogens is 492 g/mol. The molecule has 192 valence electrons. The molecule has 0 fully saturated rings. The lowest BCUT2D eigenvalue weighted by atomic mass is 9.80.